The lowest BCUT2D eigenvalue weighted by molar-refractivity contribution is -0.141. The molecule has 42 heavy (non-hydrogen) atoms. The van der Waals surface area contributed by atoms with Gasteiger partial charge in [0.25, 0.3) is 0 Å². The molecule has 3 aliphatic heterocycles. The van der Waals surface area contributed by atoms with E-state index in [0.717, 1.165) is 39.8 Å². The summed E-state index contributed by atoms with van der Waals surface area (Å²) in [5.74, 6) is 0.500. The Labute approximate surface area is 242 Å². The monoisotopic (exact) mass is 593 g/mol. The molecule has 3 aliphatic rings. The van der Waals surface area contributed by atoms with Gasteiger partial charge in [-0.2, -0.15) is 13.2 Å². The molecule has 2 aromatic carbocycles. The molecule has 7 rings (SSSR count). The largest absolute Gasteiger partial charge is 0.436 e. The SMILES string of the molecule is O=C1CCc2cc(-c3cnc([C@@H]4CC[C@@H]5CC(c6cc(Cl)ccc6-n6cc(C(F)(F)F)nn6)=CC(=O)N54)[nH]3)ccc2N1. The normalized spacial score (nSPS) is 20.3. The number of rotatable bonds is 4. The van der Waals surface area contributed by atoms with Gasteiger partial charge in [0.05, 0.1) is 29.8 Å². The first-order chi connectivity index (χ1) is 20.1. The van der Waals surface area contributed by atoms with E-state index in [1.54, 1.807) is 24.4 Å². The smallest absolute Gasteiger partial charge is 0.340 e. The third-order valence-electron chi connectivity index (χ3n) is 8.07. The molecule has 0 aliphatic carbocycles. The van der Waals surface area contributed by atoms with Crippen molar-refractivity contribution < 1.29 is 22.8 Å². The first kappa shape index (κ1) is 26.4. The van der Waals surface area contributed by atoms with Crippen LogP contribution in [0.5, 0.6) is 0 Å². The number of carbonyl (C=O) groups is 2. The predicted octanol–water partition coefficient (Wildman–Crippen LogP) is 5.73. The summed E-state index contributed by atoms with van der Waals surface area (Å²) in [6, 6.07) is 10.3. The van der Waals surface area contributed by atoms with Gasteiger partial charge in [-0.25, -0.2) is 9.67 Å². The van der Waals surface area contributed by atoms with Crippen LogP contribution in [0.15, 0.2) is 54.9 Å². The second kappa shape index (κ2) is 9.83. The average molecular weight is 594 g/mol. The van der Waals surface area contributed by atoms with Gasteiger partial charge in [0.1, 0.15) is 5.82 Å². The zero-order valence-corrected chi connectivity index (χ0v) is 22.7. The molecule has 0 spiro atoms. The van der Waals surface area contributed by atoms with Gasteiger partial charge in [-0.3, -0.25) is 9.59 Å². The minimum Gasteiger partial charge on any atom is -0.340 e. The maximum absolute atomic E-state index is 13.5. The first-order valence-electron chi connectivity index (χ1n) is 13.4. The third-order valence-corrected chi connectivity index (χ3v) is 8.30. The highest BCUT2D eigenvalue weighted by Gasteiger charge is 2.42. The number of benzene rings is 2. The molecule has 13 heteroatoms. The topological polar surface area (TPSA) is 109 Å². The lowest BCUT2D eigenvalue weighted by Crippen LogP contribution is -2.39. The van der Waals surface area contributed by atoms with Crippen LogP contribution in [0, 0.1) is 0 Å². The zero-order chi connectivity index (χ0) is 29.2. The molecule has 1 saturated heterocycles. The lowest BCUT2D eigenvalue weighted by atomic mass is 9.92. The van der Waals surface area contributed by atoms with E-state index >= 15 is 0 Å². The van der Waals surface area contributed by atoms with Crippen molar-refractivity contribution in [1.82, 2.24) is 29.9 Å². The fourth-order valence-corrected chi connectivity index (χ4v) is 6.26. The Morgan fingerprint density at radius 2 is 1.90 bits per heavy atom. The van der Waals surface area contributed by atoms with Crippen molar-refractivity contribution in [3.63, 3.8) is 0 Å². The lowest BCUT2D eigenvalue weighted by Gasteiger charge is -2.33. The Morgan fingerprint density at radius 1 is 1.05 bits per heavy atom. The predicted molar refractivity (Wildman–Crippen MR) is 148 cm³/mol. The summed E-state index contributed by atoms with van der Waals surface area (Å²) in [5, 5.41) is 10.2. The van der Waals surface area contributed by atoms with E-state index in [-0.39, 0.29) is 23.9 Å². The maximum Gasteiger partial charge on any atom is 0.436 e. The number of H-pyrrole nitrogens is 1. The van der Waals surface area contributed by atoms with E-state index in [1.165, 1.54) is 6.08 Å². The summed E-state index contributed by atoms with van der Waals surface area (Å²) in [5.41, 5.74) is 4.10. The highest BCUT2D eigenvalue weighted by atomic mass is 35.5. The molecule has 0 bridgehead atoms. The van der Waals surface area contributed by atoms with Gasteiger partial charge < -0.3 is 15.2 Å². The minimum atomic E-state index is -4.63. The number of carbonyl (C=O) groups excluding carboxylic acids is 2. The van der Waals surface area contributed by atoms with Gasteiger partial charge in [-0.05, 0) is 72.7 Å². The first-order valence-corrected chi connectivity index (χ1v) is 13.8. The number of aryl methyl sites for hydroxylation is 1. The molecule has 4 aromatic rings. The van der Waals surface area contributed by atoms with E-state index < -0.39 is 11.9 Å². The highest BCUT2D eigenvalue weighted by molar-refractivity contribution is 6.30. The van der Waals surface area contributed by atoms with Gasteiger partial charge in [0.15, 0.2) is 5.69 Å². The number of aromatic amines is 1. The Hall–Kier alpha value is -4.45. The Bertz CT molecular complexity index is 1780. The molecule has 214 valence electrons. The van der Waals surface area contributed by atoms with E-state index in [9.17, 15) is 22.8 Å². The van der Waals surface area contributed by atoms with E-state index in [0.29, 0.717) is 53.4 Å². The van der Waals surface area contributed by atoms with Crippen LogP contribution >= 0.6 is 11.6 Å². The van der Waals surface area contributed by atoms with E-state index in [1.807, 2.05) is 23.1 Å². The number of nitrogens with one attached hydrogen (secondary N) is 2. The number of fused-ring (bicyclic) bond motifs is 2. The van der Waals surface area contributed by atoms with Crippen molar-refractivity contribution >= 4 is 34.7 Å². The van der Waals surface area contributed by atoms with Crippen molar-refractivity contribution in [2.24, 2.45) is 0 Å². The van der Waals surface area contributed by atoms with Crippen LogP contribution < -0.4 is 5.32 Å². The molecule has 9 nitrogen and oxygen atoms in total. The number of hydrogen-bond donors (Lipinski definition) is 2. The van der Waals surface area contributed by atoms with Crippen molar-refractivity contribution in [2.45, 2.75) is 50.4 Å². The maximum atomic E-state index is 13.5. The fraction of sp³-hybridized carbons (Fsp3) is 0.276. The number of aromatic nitrogens is 5. The van der Waals surface area contributed by atoms with Crippen molar-refractivity contribution in [3.8, 4) is 16.9 Å². The number of hydrogen-bond acceptors (Lipinski definition) is 5. The van der Waals surface area contributed by atoms with Crippen LogP contribution in [0.2, 0.25) is 5.02 Å². The molecule has 2 aromatic heterocycles. The quantitative estimate of drug-likeness (QED) is 0.314. The zero-order valence-electron chi connectivity index (χ0n) is 22.0. The number of nitrogens with zero attached hydrogens (tertiary/aromatic N) is 5. The number of imidazole rings is 1. The number of amides is 2. The highest BCUT2D eigenvalue weighted by Crippen LogP contribution is 2.43. The molecule has 2 atom stereocenters. The second-order valence-corrected chi connectivity index (χ2v) is 11.1. The molecule has 2 amide bonds. The van der Waals surface area contributed by atoms with Gasteiger partial charge in [-0.15, -0.1) is 5.10 Å². The third kappa shape index (κ3) is 4.65. The molecule has 0 saturated carbocycles. The summed E-state index contributed by atoms with van der Waals surface area (Å²) in [6.45, 7) is 0. The number of anilines is 1. The van der Waals surface area contributed by atoms with Crippen LogP contribution in [0.25, 0.3) is 22.5 Å². The van der Waals surface area contributed by atoms with Crippen molar-refractivity contribution in [1.29, 1.82) is 0 Å². The average Bonchev–Trinajstić information content (AvgIpc) is 3.72. The molecular weight excluding hydrogens is 571 g/mol. The van der Waals surface area contributed by atoms with Crippen LogP contribution in [0.1, 0.15) is 54.4 Å². The Kier molecular flexibility index (Phi) is 6.19. The molecule has 5 heterocycles. The van der Waals surface area contributed by atoms with Gasteiger partial charge in [0.2, 0.25) is 11.8 Å². The van der Waals surface area contributed by atoms with Crippen molar-refractivity contribution in [2.75, 3.05) is 5.32 Å². The Balaban J connectivity index is 1.16. The molecular formula is C29H23ClF3N7O2. The van der Waals surface area contributed by atoms with Gasteiger partial charge >= 0.3 is 6.18 Å². The molecule has 2 N–H and O–H groups in total. The molecule has 0 unspecified atom stereocenters. The summed E-state index contributed by atoms with van der Waals surface area (Å²) in [6.07, 6.45) is 2.54. The van der Waals surface area contributed by atoms with Crippen LogP contribution in [-0.4, -0.2) is 47.7 Å². The van der Waals surface area contributed by atoms with Crippen LogP contribution in [0.4, 0.5) is 18.9 Å². The summed E-state index contributed by atoms with van der Waals surface area (Å²) in [7, 11) is 0. The Morgan fingerprint density at radius 3 is 2.71 bits per heavy atom. The summed E-state index contributed by atoms with van der Waals surface area (Å²) < 4.78 is 40.6. The fourth-order valence-electron chi connectivity index (χ4n) is 6.09. The van der Waals surface area contributed by atoms with Crippen molar-refractivity contribution in [3.05, 3.63) is 82.5 Å². The van der Waals surface area contributed by atoms with E-state index in [2.05, 4.69) is 25.6 Å². The number of alkyl halides is 3. The molecule has 0 radical (unpaired) electrons. The summed E-state index contributed by atoms with van der Waals surface area (Å²) in [4.78, 5) is 35.1. The van der Waals surface area contributed by atoms with Gasteiger partial charge in [0, 0.05) is 34.8 Å². The standard InChI is InChI=1S/C29H23ClF3N7O2/c30-18-3-6-23(39-14-25(37-38-39)29(31,32)33)20(12-18)17-10-19-4-7-24(40(19)27(42)11-17)28-34-13-22(36-28)16-1-5-21-15(9-16)2-8-26(41)35-21/h1,3,5-6,9,11-14,19,24H,2,4,7-8,10H2,(H,34,36)(H,35,41)/t19-,24+/m1/s1. The second-order valence-electron chi connectivity index (χ2n) is 10.7. The molecule has 1 fully saturated rings. The number of halogens is 4. The van der Waals surface area contributed by atoms with Gasteiger partial charge in [-0.1, -0.05) is 22.9 Å². The van der Waals surface area contributed by atoms with Crippen LogP contribution in [-0.2, 0) is 22.2 Å². The minimum absolute atomic E-state index is 0.0128. The summed E-state index contributed by atoms with van der Waals surface area (Å²) >= 11 is 6.27. The van der Waals surface area contributed by atoms with Crippen LogP contribution in [0.3, 0.4) is 0 Å². The van der Waals surface area contributed by atoms with E-state index in [4.69, 9.17) is 11.6 Å².